The van der Waals surface area contributed by atoms with Crippen molar-refractivity contribution in [3.05, 3.63) is 85.0 Å². The van der Waals surface area contributed by atoms with E-state index >= 15 is 0 Å². The third-order valence-corrected chi connectivity index (χ3v) is 4.05. The minimum Gasteiger partial charge on any atom is -0.217 e. The molecule has 0 N–H and O–H groups in total. The topological polar surface area (TPSA) is 38.7 Å². The maximum atomic E-state index is 4.66. The molecule has 24 heavy (non-hydrogen) atoms. The lowest BCUT2D eigenvalue weighted by molar-refractivity contribution is 1.00. The van der Waals surface area contributed by atoms with Crippen molar-refractivity contribution in [1.29, 1.82) is 0 Å². The van der Waals surface area contributed by atoms with E-state index in [9.17, 15) is 0 Å². The zero-order chi connectivity index (χ0) is 16.2. The van der Waals surface area contributed by atoms with Crippen LogP contribution in [0, 0.1) is 0 Å². The molecule has 0 amide bonds. The van der Waals surface area contributed by atoms with Crippen molar-refractivity contribution < 1.29 is 0 Å². The number of aromatic nitrogens is 3. The van der Waals surface area contributed by atoms with Crippen LogP contribution in [0.15, 0.2) is 79.2 Å². The van der Waals surface area contributed by atoms with Crippen LogP contribution in [0.5, 0.6) is 0 Å². The molecule has 0 unspecified atom stereocenters. The first-order valence-electron chi connectivity index (χ1n) is 8.12. The van der Waals surface area contributed by atoms with Gasteiger partial charge in [0.05, 0.1) is 0 Å². The summed E-state index contributed by atoms with van der Waals surface area (Å²) in [6, 6.07) is 18.6. The van der Waals surface area contributed by atoms with E-state index in [0.717, 1.165) is 35.4 Å². The van der Waals surface area contributed by atoms with Gasteiger partial charge in [-0.3, -0.25) is 0 Å². The fraction of sp³-hybridized carbons (Fsp3) is 0.0952. The number of hydrogen-bond acceptors (Lipinski definition) is 3. The van der Waals surface area contributed by atoms with Crippen molar-refractivity contribution in [3.63, 3.8) is 0 Å². The highest BCUT2D eigenvalue weighted by Crippen LogP contribution is 2.25. The summed E-state index contributed by atoms with van der Waals surface area (Å²) in [4.78, 5) is 13.4. The minimum atomic E-state index is 0.706. The molecule has 0 radical (unpaired) electrons. The number of hydrogen-bond donors (Lipinski definition) is 0. The monoisotopic (exact) mass is 311 g/mol. The highest BCUT2D eigenvalue weighted by Gasteiger charge is 2.09. The Morgan fingerprint density at radius 3 is 2.33 bits per heavy atom. The largest absolute Gasteiger partial charge is 0.217 e. The van der Waals surface area contributed by atoms with Gasteiger partial charge in [-0.2, -0.15) is 0 Å². The molecule has 1 aromatic heterocycles. The third kappa shape index (κ3) is 3.01. The lowest BCUT2D eigenvalue weighted by atomic mass is 10.0. The lowest BCUT2D eigenvalue weighted by Crippen LogP contribution is -1.99. The maximum absolute atomic E-state index is 4.66. The molecule has 0 bridgehead atoms. The highest BCUT2D eigenvalue weighted by atomic mass is 15.0. The standard InChI is InChI=1S/C21H17N3/c1-3-8-16(9-4-1)18-12-7-13-19(14-18)21-23-15-22-20(24-21)17-10-5-2-6-11-17/h1,3-5,7-15H,2,6H2. The van der Waals surface area contributed by atoms with Gasteiger partial charge in [-0.25, -0.2) is 15.0 Å². The van der Waals surface area contributed by atoms with E-state index < -0.39 is 0 Å². The van der Waals surface area contributed by atoms with Gasteiger partial charge in [0.25, 0.3) is 0 Å². The summed E-state index contributed by atoms with van der Waals surface area (Å²) in [5.41, 5.74) is 4.42. The van der Waals surface area contributed by atoms with E-state index in [4.69, 9.17) is 0 Å². The summed E-state index contributed by atoms with van der Waals surface area (Å²) < 4.78 is 0. The van der Waals surface area contributed by atoms with E-state index in [-0.39, 0.29) is 0 Å². The molecule has 4 rings (SSSR count). The van der Waals surface area contributed by atoms with Gasteiger partial charge in [-0.05, 0) is 30.0 Å². The van der Waals surface area contributed by atoms with Crippen molar-refractivity contribution in [3.8, 4) is 22.5 Å². The van der Waals surface area contributed by atoms with Crippen molar-refractivity contribution in [2.45, 2.75) is 12.8 Å². The molecule has 116 valence electrons. The van der Waals surface area contributed by atoms with Crippen LogP contribution in [0.4, 0.5) is 0 Å². The first-order chi connectivity index (χ1) is 11.9. The quantitative estimate of drug-likeness (QED) is 0.687. The van der Waals surface area contributed by atoms with E-state index in [1.807, 2.05) is 30.3 Å². The molecule has 0 spiro atoms. The maximum Gasteiger partial charge on any atom is 0.163 e. The molecular weight excluding hydrogens is 294 g/mol. The molecule has 0 atom stereocenters. The molecule has 3 nitrogen and oxygen atoms in total. The summed E-state index contributed by atoms with van der Waals surface area (Å²) in [5.74, 6) is 1.44. The van der Waals surface area contributed by atoms with Crippen LogP contribution in [0.25, 0.3) is 28.1 Å². The van der Waals surface area contributed by atoms with Crippen LogP contribution in [-0.2, 0) is 0 Å². The second-order valence-corrected chi connectivity index (χ2v) is 5.72. The predicted molar refractivity (Wildman–Crippen MR) is 97.1 cm³/mol. The van der Waals surface area contributed by atoms with Crippen LogP contribution >= 0.6 is 0 Å². The van der Waals surface area contributed by atoms with Crippen LogP contribution in [0.1, 0.15) is 18.7 Å². The van der Waals surface area contributed by atoms with Crippen LogP contribution in [-0.4, -0.2) is 15.0 Å². The molecule has 0 fully saturated rings. The van der Waals surface area contributed by atoms with Gasteiger partial charge in [0.1, 0.15) is 6.33 Å². The number of benzene rings is 2. The Bertz CT molecular complexity index is 911. The summed E-state index contributed by atoms with van der Waals surface area (Å²) >= 11 is 0. The number of rotatable bonds is 3. The molecule has 0 saturated carbocycles. The van der Waals surface area contributed by atoms with Crippen molar-refractivity contribution in [1.82, 2.24) is 15.0 Å². The van der Waals surface area contributed by atoms with E-state index in [1.54, 1.807) is 6.33 Å². The normalized spacial score (nSPS) is 13.6. The Morgan fingerprint density at radius 1 is 0.708 bits per heavy atom. The molecule has 3 heteroatoms. The highest BCUT2D eigenvalue weighted by molar-refractivity contribution is 5.73. The van der Waals surface area contributed by atoms with Gasteiger partial charge < -0.3 is 0 Å². The summed E-state index contributed by atoms with van der Waals surface area (Å²) in [6.45, 7) is 0. The van der Waals surface area contributed by atoms with Gasteiger partial charge in [0, 0.05) is 11.1 Å². The van der Waals surface area contributed by atoms with Crippen molar-refractivity contribution in [2.75, 3.05) is 0 Å². The fourth-order valence-corrected chi connectivity index (χ4v) is 2.82. The Balaban J connectivity index is 1.72. The Kier molecular flexibility index (Phi) is 3.98. The Morgan fingerprint density at radius 2 is 1.50 bits per heavy atom. The van der Waals surface area contributed by atoms with Crippen LogP contribution in [0.3, 0.4) is 0 Å². The summed E-state index contributed by atoms with van der Waals surface area (Å²) in [7, 11) is 0. The Hall–Kier alpha value is -3.07. The first-order valence-corrected chi connectivity index (χ1v) is 8.12. The fourth-order valence-electron chi connectivity index (χ4n) is 2.82. The number of nitrogens with zero attached hydrogens (tertiary/aromatic N) is 3. The molecule has 3 aromatic rings. The molecule has 1 aliphatic rings. The predicted octanol–water partition coefficient (Wildman–Crippen LogP) is 4.94. The van der Waals surface area contributed by atoms with Gasteiger partial charge >= 0.3 is 0 Å². The average molecular weight is 311 g/mol. The van der Waals surface area contributed by atoms with Gasteiger partial charge in [-0.15, -0.1) is 0 Å². The van der Waals surface area contributed by atoms with Crippen LogP contribution < -0.4 is 0 Å². The SMILES string of the molecule is C1=CC(c2ncnc(-c3cccc(-c4ccccc4)c3)n2)=CCC1. The van der Waals surface area contributed by atoms with Crippen LogP contribution in [0.2, 0.25) is 0 Å². The molecule has 2 aromatic carbocycles. The van der Waals surface area contributed by atoms with Crippen molar-refractivity contribution >= 4 is 5.57 Å². The van der Waals surface area contributed by atoms with Crippen molar-refractivity contribution in [2.24, 2.45) is 0 Å². The summed E-state index contributed by atoms with van der Waals surface area (Å²) in [5, 5.41) is 0. The zero-order valence-corrected chi connectivity index (χ0v) is 13.3. The second-order valence-electron chi connectivity index (χ2n) is 5.72. The molecule has 1 heterocycles. The van der Waals surface area contributed by atoms with E-state index in [2.05, 4.69) is 57.4 Å². The van der Waals surface area contributed by atoms with Gasteiger partial charge in [0.2, 0.25) is 0 Å². The minimum absolute atomic E-state index is 0.706. The molecule has 1 aliphatic carbocycles. The second kappa shape index (κ2) is 6.59. The smallest absolute Gasteiger partial charge is 0.163 e. The molecular formula is C21H17N3. The van der Waals surface area contributed by atoms with Gasteiger partial charge in [0.15, 0.2) is 11.6 Å². The summed E-state index contributed by atoms with van der Waals surface area (Å²) in [6.07, 6.45) is 10.1. The average Bonchev–Trinajstić information content (AvgIpc) is 2.70. The first kappa shape index (κ1) is 14.5. The molecule has 0 aliphatic heterocycles. The third-order valence-electron chi connectivity index (χ3n) is 4.05. The zero-order valence-electron chi connectivity index (χ0n) is 13.3. The lowest BCUT2D eigenvalue weighted by Gasteiger charge is -2.08. The Labute approximate surface area is 141 Å². The number of allylic oxidation sites excluding steroid dienone is 4. The molecule has 0 saturated heterocycles. The van der Waals surface area contributed by atoms with E-state index in [1.165, 1.54) is 5.56 Å². The van der Waals surface area contributed by atoms with Gasteiger partial charge in [-0.1, -0.05) is 66.8 Å². The van der Waals surface area contributed by atoms with E-state index in [0.29, 0.717) is 5.82 Å².